The number of ether oxygens (including phenoxy) is 2. The predicted octanol–water partition coefficient (Wildman–Crippen LogP) is 3.28. The Kier molecular flexibility index (Phi) is 7.18. The highest BCUT2D eigenvalue weighted by atomic mass is 35.5. The molecule has 0 spiro atoms. The first kappa shape index (κ1) is 21.9. The first-order valence-corrected chi connectivity index (χ1v) is 10.0. The Morgan fingerprint density at radius 1 is 0.967 bits per heavy atom. The van der Waals surface area contributed by atoms with Gasteiger partial charge in [0.1, 0.15) is 11.5 Å². The van der Waals surface area contributed by atoms with Gasteiger partial charge in [0.05, 0.1) is 5.02 Å². The molecule has 2 aromatic rings. The summed E-state index contributed by atoms with van der Waals surface area (Å²) in [7, 11) is 0. The lowest BCUT2D eigenvalue weighted by atomic mass is 10.1. The van der Waals surface area contributed by atoms with Crippen molar-refractivity contribution in [3.63, 3.8) is 0 Å². The number of esters is 1. The molecule has 7 nitrogen and oxygen atoms in total. The van der Waals surface area contributed by atoms with Crippen LogP contribution in [0.2, 0.25) is 10.0 Å². The SMILES string of the molecule is CC(=O)Oc1cccc(C(=O)N2CCN(C(=O)COc3ccc(Cl)cc3Cl)CC2)c1. The summed E-state index contributed by atoms with van der Waals surface area (Å²) < 4.78 is 10.5. The first-order valence-electron chi connectivity index (χ1n) is 9.27. The van der Waals surface area contributed by atoms with E-state index < -0.39 is 5.97 Å². The van der Waals surface area contributed by atoms with Crippen molar-refractivity contribution in [1.29, 1.82) is 0 Å². The molecule has 0 aliphatic carbocycles. The van der Waals surface area contributed by atoms with Gasteiger partial charge in [-0.15, -0.1) is 0 Å². The van der Waals surface area contributed by atoms with Gasteiger partial charge >= 0.3 is 5.97 Å². The van der Waals surface area contributed by atoms with Gasteiger partial charge in [0.15, 0.2) is 6.61 Å². The largest absolute Gasteiger partial charge is 0.482 e. The van der Waals surface area contributed by atoms with E-state index in [0.29, 0.717) is 53.3 Å². The van der Waals surface area contributed by atoms with Crippen LogP contribution < -0.4 is 9.47 Å². The van der Waals surface area contributed by atoms with Gasteiger partial charge in [-0.2, -0.15) is 0 Å². The zero-order valence-electron chi connectivity index (χ0n) is 16.3. The van der Waals surface area contributed by atoms with Crippen molar-refractivity contribution in [2.45, 2.75) is 6.92 Å². The maximum atomic E-state index is 12.7. The second kappa shape index (κ2) is 9.82. The number of amides is 2. The zero-order valence-corrected chi connectivity index (χ0v) is 17.8. The van der Waals surface area contributed by atoms with Crippen LogP contribution in [0.15, 0.2) is 42.5 Å². The van der Waals surface area contributed by atoms with E-state index in [0.717, 1.165) is 0 Å². The van der Waals surface area contributed by atoms with Gasteiger partial charge in [0, 0.05) is 43.7 Å². The van der Waals surface area contributed by atoms with Gasteiger partial charge in [-0.1, -0.05) is 29.3 Å². The van der Waals surface area contributed by atoms with Crippen molar-refractivity contribution in [1.82, 2.24) is 9.80 Å². The fourth-order valence-corrected chi connectivity index (χ4v) is 3.49. The van der Waals surface area contributed by atoms with E-state index in [1.807, 2.05) is 0 Å². The lowest BCUT2D eigenvalue weighted by Crippen LogP contribution is -2.51. The van der Waals surface area contributed by atoms with Crippen LogP contribution in [0.3, 0.4) is 0 Å². The summed E-state index contributed by atoms with van der Waals surface area (Å²) in [6, 6.07) is 11.3. The van der Waals surface area contributed by atoms with Crippen LogP contribution in [0.5, 0.6) is 11.5 Å². The third-order valence-corrected chi connectivity index (χ3v) is 5.04. The second-order valence-corrected chi connectivity index (χ2v) is 7.50. The number of carbonyl (C=O) groups is 3. The van der Waals surface area contributed by atoms with E-state index in [2.05, 4.69) is 0 Å². The van der Waals surface area contributed by atoms with Crippen LogP contribution in [0, 0.1) is 0 Å². The maximum absolute atomic E-state index is 12.7. The molecule has 0 atom stereocenters. The van der Waals surface area contributed by atoms with E-state index in [1.54, 1.807) is 46.2 Å². The van der Waals surface area contributed by atoms with E-state index >= 15 is 0 Å². The summed E-state index contributed by atoms with van der Waals surface area (Å²) >= 11 is 11.9. The van der Waals surface area contributed by atoms with E-state index in [4.69, 9.17) is 32.7 Å². The van der Waals surface area contributed by atoms with Crippen molar-refractivity contribution in [3.8, 4) is 11.5 Å². The molecule has 9 heteroatoms. The average Bonchev–Trinajstić information content (AvgIpc) is 2.72. The lowest BCUT2D eigenvalue weighted by molar-refractivity contribution is -0.135. The van der Waals surface area contributed by atoms with Gasteiger partial charge < -0.3 is 19.3 Å². The molecule has 0 saturated carbocycles. The normalized spacial score (nSPS) is 13.7. The Hall–Kier alpha value is -2.77. The molecule has 30 heavy (non-hydrogen) atoms. The van der Waals surface area contributed by atoms with Gasteiger partial charge in [0.2, 0.25) is 0 Å². The van der Waals surface area contributed by atoms with Crippen molar-refractivity contribution < 1.29 is 23.9 Å². The van der Waals surface area contributed by atoms with Crippen LogP contribution >= 0.6 is 23.2 Å². The smallest absolute Gasteiger partial charge is 0.308 e. The summed E-state index contributed by atoms with van der Waals surface area (Å²) in [5.41, 5.74) is 0.425. The summed E-state index contributed by atoms with van der Waals surface area (Å²) in [4.78, 5) is 39.5. The summed E-state index contributed by atoms with van der Waals surface area (Å²) in [5.74, 6) is -0.116. The number of benzene rings is 2. The highest BCUT2D eigenvalue weighted by Gasteiger charge is 2.25. The molecule has 1 fully saturated rings. The van der Waals surface area contributed by atoms with E-state index in [9.17, 15) is 14.4 Å². The molecule has 0 N–H and O–H groups in total. The number of carbonyl (C=O) groups excluding carboxylic acids is 3. The number of rotatable bonds is 5. The molecular weight excluding hydrogens is 431 g/mol. The summed E-state index contributed by atoms with van der Waals surface area (Å²) in [6.45, 7) is 2.72. The predicted molar refractivity (Wildman–Crippen MR) is 112 cm³/mol. The number of halogens is 2. The third-order valence-electron chi connectivity index (χ3n) is 4.51. The highest BCUT2D eigenvalue weighted by Crippen LogP contribution is 2.27. The molecule has 2 amide bonds. The van der Waals surface area contributed by atoms with Crippen molar-refractivity contribution >= 4 is 41.0 Å². The van der Waals surface area contributed by atoms with Crippen molar-refractivity contribution in [2.75, 3.05) is 32.8 Å². The average molecular weight is 451 g/mol. The summed E-state index contributed by atoms with van der Waals surface area (Å²) in [5, 5.41) is 0.819. The van der Waals surface area contributed by atoms with Gasteiger partial charge in [-0.25, -0.2) is 0 Å². The first-order chi connectivity index (χ1) is 14.3. The van der Waals surface area contributed by atoms with Gasteiger partial charge in [-0.3, -0.25) is 14.4 Å². The molecule has 0 radical (unpaired) electrons. The molecule has 0 aromatic heterocycles. The third kappa shape index (κ3) is 5.64. The highest BCUT2D eigenvalue weighted by molar-refractivity contribution is 6.35. The molecular formula is C21H20Cl2N2O5. The van der Waals surface area contributed by atoms with Crippen molar-refractivity contribution in [2.24, 2.45) is 0 Å². The van der Waals surface area contributed by atoms with E-state index in [-0.39, 0.29) is 18.4 Å². The molecule has 1 heterocycles. The van der Waals surface area contributed by atoms with Crippen LogP contribution in [0.25, 0.3) is 0 Å². The molecule has 0 unspecified atom stereocenters. The Morgan fingerprint density at radius 3 is 2.33 bits per heavy atom. The fourth-order valence-electron chi connectivity index (χ4n) is 3.02. The Balaban J connectivity index is 1.52. The monoisotopic (exact) mass is 450 g/mol. The minimum atomic E-state index is -0.450. The quantitative estimate of drug-likeness (QED) is 0.515. The van der Waals surface area contributed by atoms with Crippen LogP contribution in [0.4, 0.5) is 0 Å². The molecule has 2 aromatic carbocycles. The Bertz CT molecular complexity index is 958. The Morgan fingerprint density at radius 2 is 1.67 bits per heavy atom. The molecule has 1 saturated heterocycles. The maximum Gasteiger partial charge on any atom is 0.308 e. The van der Waals surface area contributed by atoms with Crippen LogP contribution in [-0.4, -0.2) is 60.4 Å². The molecule has 3 rings (SSSR count). The lowest BCUT2D eigenvalue weighted by Gasteiger charge is -2.34. The Labute approximate surface area is 184 Å². The number of hydrogen-bond acceptors (Lipinski definition) is 5. The molecule has 158 valence electrons. The van der Waals surface area contributed by atoms with E-state index in [1.165, 1.54) is 13.0 Å². The fraction of sp³-hybridized carbons (Fsp3) is 0.286. The number of piperazine rings is 1. The summed E-state index contributed by atoms with van der Waals surface area (Å²) in [6.07, 6.45) is 0. The minimum absolute atomic E-state index is 0.153. The molecule has 0 bridgehead atoms. The second-order valence-electron chi connectivity index (χ2n) is 6.66. The standard InChI is InChI=1S/C21H20Cl2N2O5/c1-14(26)30-17-4-2-3-15(11-17)21(28)25-9-7-24(8-10-25)20(27)13-29-19-6-5-16(22)12-18(19)23/h2-6,11-12H,7-10,13H2,1H3. The minimum Gasteiger partial charge on any atom is -0.482 e. The van der Waals surface area contributed by atoms with Crippen LogP contribution in [-0.2, 0) is 9.59 Å². The zero-order chi connectivity index (χ0) is 21.7. The van der Waals surface area contributed by atoms with Gasteiger partial charge in [-0.05, 0) is 36.4 Å². The van der Waals surface area contributed by atoms with Crippen molar-refractivity contribution in [3.05, 3.63) is 58.1 Å². The molecule has 1 aliphatic heterocycles. The molecule has 1 aliphatic rings. The number of nitrogens with zero attached hydrogens (tertiary/aromatic N) is 2. The topological polar surface area (TPSA) is 76.2 Å². The van der Waals surface area contributed by atoms with Crippen LogP contribution in [0.1, 0.15) is 17.3 Å². The van der Waals surface area contributed by atoms with Gasteiger partial charge in [0.25, 0.3) is 11.8 Å². The number of hydrogen-bond donors (Lipinski definition) is 0.